The highest BCUT2D eigenvalue weighted by molar-refractivity contribution is 5.85. The van der Waals surface area contributed by atoms with Gasteiger partial charge in [-0.3, -0.25) is 4.79 Å². The molecular weight excluding hydrogens is 620 g/mol. The zero-order valence-corrected chi connectivity index (χ0v) is 28.0. The first-order valence-electron chi connectivity index (χ1n) is 16.4. The van der Waals surface area contributed by atoms with Crippen LogP contribution < -0.4 is 4.74 Å². The second-order valence-electron chi connectivity index (χ2n) is 11.9. The van der Waals surface area contributed by atoms with Crippen molar-refractivity contribution < 1.29 is 28.9 Å². The highest BCUT2D eigenvalue weighted by atomic mass is 16.6. The van der Waals surface area contributed by atoms with Crippen molar-refractivity contribution in [3.05, 3.63) is 126 Å². The van der Waals surface area contributed by atoms with E-state index in [1.165, 1.54) is 0 Å². The van der Waals surface area contributed by atoms with Crippen LogP contribution in [0.3, 0.4) is 0 Å². The van der Waals surface area contributed by atoms with Gasteiger partial charge in [0.05, 0.1) is 31.0 Å². The van der Waals surface area contributed by atoms with Crippen molar-refractivity contribution in [3.63, 3.8) is 0 Å². The molecule has 0 spiro atoms. The molecule has 0 amide bonds. The zero-order chi connectivity index (χ0) is 34.4. The summed E-state index contributed by atoms with van der Waals surface area (Å²) in [4.78, 5) is 18.4. The molecule has 5 rings (SSSR count). The number of aromatic nitrogens is 3. The minimum Gasteiger partial charge on any atom is -0.483 e. The second kappa shape index (κ2) is 17.8. The van der Waals surface area contributed by atoms with Crippen molar-refractivity contribution in [2.75, 3.05) is 13.2 Å². The normalized spacial score (nSPS) is 18.5. The van der Waals surface area contributed by atoms with Gasteiger partial charge in [0.2, 0.25) is 0 Å². The van der Waals surface area contributed by atoms with Crippen molar-refractivity contribution in [2.45, 2.75) is 70.5 Å². The first-order valence-corrected chi connectivity index (χ1v) is 16.4. The highest BCUT2D eigenvalue weighted by Crippen LogP contribution is 2.22. The van der Waals surface area contributed by atoms with E-state index in [-0.39, 0.29) is 25.7 Å². The molecule has 10 heteroatoms. The molecule has 49 heavy (non-hydrogen) atoms. The average molecular weight is 663 g/mol. The number of nitrogens with zero attached hydrogens (tertiary/aromatic N) is 4. The van der Waals surface area contributed by atoms with E-state index in [9.17, 15) is 9.90 Å². The van der Waals surface area contributed by atoms with Gasteiger partial charge in [-0.2, -0.15) is 0 Å². The third-order valence-electron chi connectivity index (χ3n) is 7.90. The largest absolute Gasteiger partial charge is 0.483 e. The van der Waals surface area contributed by atoms with Gasteiger partial charge < -0.3 is 24.2 Å². The molecule has 0 aliphatic carbocycles. The summed E-state index contributed by atoms with van der Waals surface area (Å²) < 4.78 is 19.7. The Morgan fingerprint density at radius 2 is 1.76 bits per heavy atom. The number of aryl methyl sites for hydroxylation is 1. The number of hydrogen-bond donors (Lipinski definition) is 1. The quantitative estimate of drug-likeness (QED) is 0.0578. The molecule has 0 fully saturated rings. The summed E-state index contributed by atoms with van der Waals surface area (Å²) in [5.74, 6) is 6.57. The molecule has 0 bridgehead atoms. The summed E-state index contributed by atoms with van der Waals surface area (Å²) in [7, 11) is 0. The van der Waals surface area contributed by atoms with E-state index in [0.29, 0.717) is 30.0 Å². The predicted octanol–water partition coefficient (Wildman–Crippen LogP) is 5.96. The summed E-state index contributed by atoms with van der Waals surface area (Å²) in [6.45, 7) is 5.54. The SMILES string of the molecule is CC(CCC(=O)OC[C@H]1O[C@H](C#Cc2ccccc2)C=C[C@H]1Oc1ccc(C)cc1)=NO[C@H](C)c1cn([C@H](CO)Cc2ccccc2)nn1. The monoisotopic (exact) mass is 662 g/mol. The van der Waals surface area contributed by atoms with Crippen LogP contribution >= 0.6 is 0 Å². The minimum atomic E-state index is -0.559. The fourth-order valence-electron chi connectivity index (χ4n) is 5.01. The Morgan fingerprint density at radius 1 is 1.02 bits per heavy atom. The number of carbonyl (C=O) groups excluding carboxylic acids is 1. The third-order valence-corrected chi connectivity index (χ3v) is 7.90. The summed E-state index contributed by atoms with van der Waals surface area (Å²) >= 11 is 0. The number of hydrogen-bond acceptors (Lipinski definition) is 9. The number of benzene rings is 3. The highest BCUT2D eigenvalue weighted by Gasteiger charge is 2.30. The third kappa shape index (κ3) is 10.9. The van der Waals surface area contributed by atoms with E-state index in [1.807, 2.05) is 111 Å². The first-order chi connectivity index (χ1) is 23.9. The van der Waals surface area contributed by atoms with Gasteiger partial charge in [0.25, 0.3) is 0 Å². The molecular formula is C39H42N4O6. The summed E-state index contributed by atoms with van der Waals surface area (Å²) in [6.07, 6.45) is 4.64. The second-order valence-corrected chi connectivity index (χ2v) is 11.9. The Morgan fingerprint density at radius 3 is 2.49 bits per heavy atom. The number of ether oxygens (including phenoxy) is 3. The summed E-state index contributed by atoms with van der Waals surface area (Å²) in [5.41, 5.74) is 4.32. The molecule has 1 aliphatic rings. The molecule has 2 heterocycles. The van der Waals surface area contributed by atoms with Crippen molar-refractivity contribution >= 4 is 11.7 Å². The molecule has 0 unspecified atom stereocenters. The molecule has 5 atom stereocenters. The Bertz CT molecular complexity index is 1740. The van der Waals surface area contributed by atoms with Crippen LogP contribution in [0, 0.1) is 18.8 Å². The maximum Gasteiger partial charge on any atom is 0.306 e. The number of aliphatic hydroxyl groups excluding tert-OH is 1. The molecule has 0 saturated carbocycles. The minimum absolute atomic E-state index is 0.00169. The van der Waals surface area contributed by atoms with Crippen LogP contribution in [-0.4, -0.2) is 63.3 Å². The molecule has 1 aliphatic heterocycles. The summed E-state index contributed by atoms with van der Waals surface area (Å²) in [6, 6.07) is 27.1. The van der Waals surface area contributed by atoms with Crippen LogP contribution in [0.25, 0.3) is 0 Å². The number of oxime groups is 1. The number of aliphatic hydroxyl groups is 1. The Hall–Kier alpha value is -5.24. The van der Waals surface area contributed by atoms with E-state index in [2.05, 4.69) is 27.3 Å². The molecule has 10 nitrogen and oxygen atoms in total. The maximum atomic E-state index is 12.8. The van der Waals surface area contributed by atoms with Crippen molar-refractivity contribution in [2.24, 2.45) is 5.16 Å². The average Bonchev–Trinajstić information content (AvgIpc) is 3.63. The molecule has 0 saturated heterocycles. The van der Waals surface area contributed by atoms with Gasteiger partial charge in [-0.25, -0.2) is 4.68 Å². The topological polar surface area (TPSA) is 117 Å². The Kier molecular flexibility index (Phi) is 12.7. The van der Waals surface area contributed by atoms with Crippen LogP contribution in [0.4, 0.5) is 0 Å². The van der Waals surface area contributed by atoms with Crippen LogP contribution in [0.1, 0.15) is 61.2 Å². The van der Waals surface area contributed by atoms with E-state index < -0.39 is 30.4 Å². The predicted molar refractivity (Wildman–Crippen MR) is 186 cm³/mol. The lowest BCUT2D eigenvalue weighted by molar-refractivity contribution is -0.151. The number of rotatable bonds is 14. The molecule has 3 aromatic carbocycles. The van der Waals surface area contributed by atoms with Gasteiger partial charge in [-0.1, -0.05) is 88.4 Å². The van der Waals surface area contributed by atoms with Crippen LogP contribution in [0.15, 0.2) is 108 Å². The molecule has 1 N–H and O–H groups in total. The standard InChI is InChI=1S/C39H42N4O6/c1-28-14-18-34(19-15-28)47-37-22-21-35(20-17-31-10-6-4-7-11-31)48-38(37)27-46-39(45)23-16-29(2)41-49-30(3)36-25-43(42-40-36)33(26-44)24-32-12-8-5-9-13-32/h4-15,18-19,21-22,25,30,33,35,37-38,44H,16,23-24,26-27H2,1-3H3/t30-,33+,35-,37-,38-/m1/s1. The molecule has 254 valence electrons. The van der Waals surface area contributed by atoms with Crippen molar-refractivity contribution in [3.8, 4) is 17.6 Å². The van der Waals surface area contributed by atoms with E-state index in [4.69, 9.17) is 19.0 Å². The van der Waals surface area contributed by atoms with E-state index in [1.54, 1.807) is 17.8 Å². The van der Waals surface area contributed by atoms with E-state index in [0.717, 1.165) is 16.7 Å². The van der Waals surface area contributed by atoms with Gasteiger partial charge >= 0.3 is 5.97 Å². The lowest BCUT2D eigenvalue weighted by Gasteiger charge is -2.30. The summed E-state index contributed by atoms with van der Waals surface area (Å²) in [5, 5.41) is 22.5. The molecule has 0 radical (unpaired) electrons. The van der Waals surface area contributed by atoms with Gasteiger partial charge in [-0.05, 0) is 75.6 Å². The Balaban J connectivity index is 1.11. The first kappa shape index (κ1) is 35.1. The van der Waals surface area contributed by atoms with Crippen LogP contribution in [0.2, 0.25) is 0 Å². The molecule has 4 aromatic rings. The zero-order valence-electron chi connectivity index (χ0n) is 28.0. The Labute approximate surface area is 287 Å². The van der Waals surface area contributed by atoms with Crippen molar-refractivity contribution in [1.29, 1.82) is 0 Å². The molecule has 1 aromatic heterocycles. The number of carbonyl (C=O) groups is 1. The maximum absolute atomic E-state index is 12.8. The van der Waals surface area contributed by atoms with Crippen LogP contribution in [0.5, 0.6) is 5.75 Å². The van der Waals surface area contributed by atoms with Gasteiger partial charge in [0.15, 0.2) is 6.10 Å². The van der Waals surface area contributed by atoms with Gasteiger partial charge in [-0.15, -0.1) is 5.10 Å². The lowest BCUT2D eigenvalue weighted by atomic mass is 10.1. The van der Waals surface area contributed by atoms with Crippen LogP contribution in [-0.2, 0) is 25.5 Å². The lowest BCUT2D eigenvalue weighted by Crippen LogP contribution is -2.42. The fourth-order valence-corrected chi connectivity index (χ4v) is 5.01. The smallest absolute Gasteiger partial charge is 0.306 e. The van der Waals surface area contributed by atoms with Crippen molar-refractivity contribution in [1.82, 2.24) is 15.0 Å². The van der Waals surface area contributed by atoms with E-state index >= 15 is 0 Å². The van der Waals surface area contributed by atoms with Gasteiger partial charge in [0.1, 0.15) is 36.4 Å². The fraction of sp³-hybridized carbons (Fsp3) is 0.333. The number of esters is 1. The van der Waals surface area contributed by atoms with Gasteiger partial charge in [0, 0.05) is 5.56 Å².